The molecule has 1 rings (SSSR count). The number of nitrogens with zero attached hydrogens (tertiary/aromatic N) is 1. The molecule has 19 heavy (non-hydrogen) atoms. The highest BCUT2D eigenvalue weighted by Crippen LogP contribution is 2.15. The zero-order valence-corrected chi connectivity index (χ0v) is 11.8. The van der Waals surface area contributed by atoms with Crippen LogP contribution in [0.25, 0.3) is 0 Å². The molecule has 1 heterocycles. The molecule has 0 atom stereocenters. The van der Waals surface area contributed by atoms with Gasteiger partial charge in [0.15, 0.2) is 0 Å². The van der Waals surface area contributed by atoms with Crippen LogP contribution in [0.5, 0.6) is 0 Å². The number of sulfonamides is 1. The Morgan fingerprint density at radius 2 is 2.05 bits per heavy atom. The Balaban J connectivity index is 2.47. The van der Waals surface area contributed by atoms with E-state index in [1.165, 1.54) is 12.1 Å². The Hall–Kier alpha value is -1.45. The maximum Gasteiger partial charge on any atom is 0.433 e. The van der Waals surface area contributed by atoms with Crippen molar-refractivity contribution in [2.24, 2.45) is 0 Å². The second kappa shape index (κ2) is 5.68. The predicted molar refractivity (Wildman–Crippen MR) is 69.1 cm³/mol. The fraction of sp³-hybridized carbons (Fsp3) is 0.600. The van der Waals surface area contributed by atoms with E-state index in [0.29, 0.717) is 12.3 Å². The van der Waals surface area contributed by atoms with Crippen LogP contribution >= 0.6 is 0 Å². The molecule has 0 saturated heterocycles. The van der Waals surface area contributed by atoms with E-state index in [1.807, 2.05) is 0 Å². The average molecular weight is 291 g/mol. The summed E-state index contributed by atoms with van der Waals surface area (Å²) in [6.45, 7) is 4.09. The Kier molecular flexibility index (Phi) is 4.66. The van der Waals surface area contributed by atoms with Crippen LogP contribution in [0.3, 0.4) is 0 Å². The Morgan fingerprint density at radius 3 is 2.53 bits per heavy atom. The first-order chi connectivity index (χ1) is 8.59. The zero-order chi connectivity index (χ0) is 14.7. The van der Waals surface area contributed by atoms with Gasteiger partial charge in [-0.15, -0.1) is 0 Å². The average Bonchev–Trinajstić information content (AvgIpc) is 2.61. The van der Waals surface area contributed by atoms with Crippen LogP contribution in [-0.4, -0.2) is 31.7 Å². The van der Waals surface area contributed by atoms with E-state index in [2.05, 4.69) is 10.0 Å². The molecule has 0 radical (unpaired) electrons. The van der Waals surface area contributed by atoms with Gasteiger partial charge in [0.05, 0.1) is 18.9 Å². The van der Waals surface area contributed by atoms with E-state index in [9.17, 15) is 18.5 Å². The molecular weight excluding hydrogens is 274 g/mol. The fourth-order valence-electron chi connectivity index (χ4n) is 1.60. The van der Waals surface area contributed by atoms with Crippen molar-refractivity contribution < 1.29 is 17.8 Å². The third-order valence-corrected chi connectivity index (χ3v) is 3.08. The summed E-state index contributed by atoms with van der Waals surface area (Å²) in [5.74, 6) is 0.104. The predicted octanol–water partition coefficient (Wildman–Crippen LogP) is 0.605. The molecule has 0 aromatic carbocycles. The quantitative estimate of drug-likeness (QED) is 0.561. The number of rotatable bonds is 7. The first-order valence-electron chi connectivity index (χ1n) is 5.52. The molecule has 0 aliphatic heterocycles. The van der Waals surface area contributed by atoms with Crippen LogP contribution < -0.4 is 10.0 Å². The van der Waals surface area contributed by atoms with E-state index >= 15 is 0 Å². The van der Waals surface area contributed by atoms with Crippen LogP contribution in [0.4, 0.5) is 5.88 Å². The maximum atomic E-state index is 11.1. The molecule has 0 fully saturated rings. The number of nitro groups is 1. The smallest absolute Gasteiger partial charge is 0.404 e. The van der Waals surface area contributed by atoms with Gasteiger partial charge in [0.25, 0.3) is 0 Å². The molecule has 0 amide bonds. The fourth-order valence-corrected chi connectivity index (χ4v) is 2.67. The van der Waals surface area contributed by atoms with Crippen LogP contribution in [-0.2, 0) is 16.6 Å². The van der Waals surface area contributed by atoms with Crippen LogP contribution in [0.1, 0.15) is 19.6 Å². The first-order valence-corrected chi connectivity index (χ1v) is 7.41. The van der Waals surface area contributed by atoms with Crippen molar-refractivity contribution in [1.29, 1.82) is 0 Å². The Morgan fingerprint density at radius 1 is 1.42 bits per heavy atom. The van der Waals surface area contributed by atoms with Gasteiger partial charge in [-0.05, 0) is 19.9 Å². The standard InChI is InChI=1S/C10H17N3O5S/c1-10(2,12-19(3,16)17)7-11-6-8-4-5-9(18-8)13(14)15/h4-5,11-12H,6-7H2,1-3H3. The lowest BCUT2D eigenvalue weighted by Gasteiger charge is -2.25. The van der Waals surface area contributed by atoms with Gasteiger partial charge in [-0.25, -0.2) is 13.1 Å². The molecule has 0 unspecified atom stereocenters. The van der Waals surface area contributed by atoms with Crippen molar-refractivity contribution in [3.63, 3.8) is 0 Å². The minimum absolute atomic E-state index is 0.280. The van der Waals surface area contributed by atoms with Crippen molar-refractivity contribution in [1.82, 2.24) is 10.0 Å². The summed E-state index contributed by atoms with van der Waals surface area (Å²) in [4.78, 5) is 9.81. The molecule has 8 nitrogen and oxygen atoms in total. The van der Waals surface area contributed by atoms with Gasteiger partial charge in [0, 0.05) is 12.1 Å². The normalized spacial score (nSPS) is 12.6. The second-order valence-corrected chi connectivity index (χ2v) is 6.61. The van der Waals surface area contributed by atoms with E-state index < -0.39 is 20.5 Å². The third-order valence-electron chi connectivity index (χ3n) is 2.16. The molecule has 0 aliphatic carbocycles. The summed E-state index contributed by atoms with van der Waals surface area (Å²) in [5, 5.41) is 13.4. The molecule has 1 aromatic heterocycles. The van der Waals surface area contributed by atoms with Crippen molar-refractivity contribution in [2.75, 3.05) is 12.8 Å². The number of hydrogen-bond acceptors (Lipinski definition) is 6. The minimum atomic E-state index is -3.29. The van der Waals surface area contributed by atoms with E-state index in [-0.39, 0.29) is 12.4 Å². The topological polar surface area (TPSA) is 114 Å². The zero-order valence-electron chi connectivity index (χ0n) is 11.0. The minimum Gasteiger partial charge on any atom is -0.404 e. The van der Waals surface area contributed by atoms with Crippen molar-refractivity contribution in [3.8, 4) is 0 Å². The maximum absolute atomic E-state index is 11.1. The van der Waals surface area contributed by atoms with Crippen LogP contribution in [0.2, 0.25) is 0 Å². The van der Waals surface area contributed by atoms with Gasteiger partial charge in [0.1, 0.15) is 10.7 Å². The Bertz CT molecular complexity index is 549. The van der Waals surface area contributed by atoms with Gasteiger partial charge in [-0.3, -0.25) is 10.1 Å². The van der Waals surface area contributed by atoms with Crippen LogP contribution in [0.15, 0.2) is 16.5 Å². The summed E-state index contributed by atoms with van der Waals surface area (Å²) in [6, 6.07) is 2.78. The van der Waals surface area contributed by atoms with Gasteiger partial charge in [-0.1, -0.05) is 0 Å². The lowest BCUT2D eigenvalue weighted by Crippen LogP contribution is -2.49. The van der Waals surface area contributed by atoms with Crippen LogP contribution in [0, 0.1) is 10.1 Å². The van der Waals surface area contributed by atoms with Gasteiger partial charge < -0.3 is 9.73 Å². The lowest BCUT2D eigenvalue weighted by molar-refractivity contribution is -0.402. The highest BCUT2D eigenvalue weighted by Gasteiger charge is 2.21. The summed E-state index contributed by atoms with van der Waals surface area (Å²) in [5.41, 5.74) is -0.661. The largest absolute Gasteiger partial charge is 0.433 e. The SMILES string of the molecule is CC(C)(CNCc1ccc([N+](=O)[O-])o1)NS(C)(=O)=O. The second-order valence-electron chi connectivity index (χ2n) is 4.86. The number of nitrogens with one attached hydrogen (secondary N) is 2. The van der Waals surface area contributed by atoms with Crippen molar-refractivity contribution in [2.45, 2.75) is 25.9 Å². The van der Waals surface area contributed by atoms with E-state index in [4.69, 9.17) is 4.42 Å². The number of hydrogen-bond donors (Lipinski definition) is 2. The third kappa shape index (κ3) is 5.81. The lowest BCUT2D eigenvalue weighted by atomic mass is 10.1. The molecule has 0 spiro atoms. The molecule has 0 aliphatic rings. The van der Waals surface area contributed by atoms with Gasteiger partial charge >= 0.3 is 5.88 Å². The van der Waals surface area contributed by atoms with E-state index in [0.717, 1.165) is 6.26 Å². The first kappa shape index (κ1) is 15.6. The van der Waals surface area contributed by atoms with Crippen molar-refractivity contribution >= 4 is 15.9 Å². The molecule has 1 aromatic rings. The molecule has 0 saturated carbocycles. The summed E-state index contributed by atoms with van der Waals surface area (Å²) >= 11 is 0. The van der Waals surface area contributed by atoms with Crippen molar-refractivity contribution in [3.05, 3.63) is 28.0 Å². The summed E-state index contributed by atoms with van der Waals surface area (Å²) in [7, 11) is -3.29. The van der Waals surface area contributed by atoms with Gasteiger partial charge in [-0.2, -0.15) is 0 Å². The molecular formula is C10H17N3O5S. The summed E-state index contributed by atoms with van der Waals surface area (Å²) in [6.07, 6.45) is 1.09. The summed E-state index contributed by atoms with van der Waals surface area (Å²) < 4.78 is 29.7. The molecule has 9 heteroatoms. The number of furan rings is 1. The van der Waals surface area contributed by atoms with Gasteiger partial charge in [0.2, 0.25) is 10.0 Å². The highest BCUT2D eigenvalue weighted by atomic mass is 32.2. The van der Waals surface area contributed by atoms with E-state index in [1.54, 1.807) is 13.8 Å². The highest BCUT2D eigenvalue weighted by molar-refractivity contribution is 7.88. The molecule has 108 valence electrons. The molecule has 2 N–H and O–H groups in total. The molecule has 0 bridgehead atoms. The Labute approximate surface area is 111 Å². The monoisotopic (exact) mass is 291 g/mol.